The second kappa shape index (κ2) is 10.9. The molecular weight excluding hydrogens is 486 g/mol. The van der Waals surface area contributed by atoms with Crippen molar-refractivity contribution in [2.75, 3.05) is 17.7 Å². The van der Waals surface area contributed by atoms with Crippen LogP contribution < -0.4 is 15.4 Å². The van der Waals surface area contributed by atoms with Crippen LogP contribution in [0.1, 0.15) is 19.8 Å². The number of carbonyl (C=O) groups is 3. The standard InChI is InChI=1S/C25H25N3O5S2/c1-14(22(29)28-25-27-20-12-9-16(33-2)13-21(20)35-25)34-17-10-7-15(8-11-17)26-23(30)18-5-3-4-6-19(18)24(31)32/h3-4,7-14,18-19H,5-6H2,1-2H3,(H,26,30)(H,31,32)(H,27,28,29). The molecule has 3 N–H and O–H groups in total. The molecule has 4 rings (SSSR count). The summed E-state index contributed by atoms with van der Waals surface area (Å²) in [4.78, 5) is 42.1. The maximum absolute atomic E-state index is 12.7. The number of allylic oxidation sites excluding steroid dienone is 2. The molecule has 0 saturated heterocycles. The highest BCUT2D eigenvalue weighted by molar-refractivity contribution is 8.00. The van der Waals surface area contributed by atoms with Gasteiger partial charge in [0.15, 0.2) is 5.13 Å². The van der Waals surface area contributed by atoms with Crippen molar-refractivity contribution < 1.29 is 24.2 Å². The highest BCUT2D eigenvalue weighted by Gasteiger charge is 2.33. The zero-order chi connectivity index (χ0) is 24.9. The molecule has 35 heavy (non-hydrogen) atoms. The van der Waals surface area contributed by atoms with Crippen molar-refractivity contribution in [1.29, 1.82) is 0 Å². The number of carboxylic acid groups (broad SMARTS) is 1. The zero-order valence-electron chi connectivity index (χ0n) is 19.2. The van der Waals surface area contributed by atoms with Crippen LogP contribution >= 0.6 is 23.1 Å². The molecule has 2 amide bonds. The first-order valence-electron chi connectivity index (χ1n) is 11.0. The van der Waals surface area contributed by atoms with E-state index < -0.39 is 17.8 Å². The van der Waals surface area contributed by atoms with Gasteiger partial charge in [0.05, 0.1) is 34.4 Å². The van der Waals surface area contributed by atoms with Gasteiger partial charge in [-0.05, 0) is 62.2 Å². The Hall–Kier alpha value is -3.37. The monoisotopic (exact) mass is 511 g/mol. The molecule has 0 aliphatic heterocycles. The van der Waals surface area contributed by atoms with Crippen LogP contribution in [-0.2, 0) is 14.4 Å². The molecule has 1 heterocycles. The van der Waals surface area contributed by atoms with Gasteiger partial charge in [-0.25, -0.2) is 4.98 Å². The summed E-state index contributed by atoms with van der Waals surface area (Å²) in [7, 11) is 1.60. The summed E-state index contributed by atoms with van der Waals surface area (Å²) in [6.07, 6.45) is 4.42. The number of rotatable bonds is 8. The number of nitrogens with one attached hydrogen (secondary N) is 2. The number of carbonyl (C=O) groups excluding carboxylic acids is 2. The van der Waals surface area contributed by atoms with Gasteiger partial charge in [0.2, 0.25) is 11.8 Å². The third kappa shape index (κ3) is 6.01. The first-order chi connectivity index (χ1) is 16.8. The van der Waals surface area contributed by atoms with E-state index in [1.807, 2.05) is 43.3 Å². The van der Waals surface area contributed by atoms with Crippen molar-refractivity contribution in [3.05, 3.63) is 54.6 Å². The van der Waals surface area contributed by atoms with Gasteiger partial charge < -0.3 is 20.5 Å². The third-order valence-electron chi connectivity index (χ3n) is 5.72. The van der Waals surface area contributed by atoms with Gasteiger partial charge in [0, 0.05) is 10.6 Å². The topological polar surface area (TPSA) is 118 Å². The molecule has 1 aliphatic carbocycles. The third-order valence-corrected chi connectivity index (χ3v) is 7.76. The largest absolute Gasteiger partial charge is 0.497 e. The van der Waals surface area contributed by atoms with E-state index >= 15 is 0 Å². The Bertz CT molecular complexity index is 1270. The minimum absolute atomic E-state index is 0.163. The molecule has 3 unspecified atom stereocenters. The number of carboxylic acids is 1. The number of thiazole rings is 1. The lowest BCUT2D eigenvalue weighted by atomic mass is 9.82. The molecule has 3 atom stereocenters. The Morgan fingerprint density at radius 3 is 2.49 bits per heavy atom. The normalized spacial score (nSPS) is 18.1. The molecule has 2 aromatic carbocycles. The number of benzene rings is 2. The summed E-state index contributed by atoms with van der Waals surface area (Å²) in [5.41, 5.74) is 1.38. The Morgan fingerprint density at radius 1 is 1.09 bits per heavy atom. The molecule has 1 aliphatic rings. The molecule has 0 saturated carbocycles. The van der Waals surface area contributed by atoms with E-state index in [2.05, 4.69) is 15.6 Å². The molecule has 8 nitrogen and oxygen atoms in total. The van der Waals surface area contributed by atoms with Crippen molar-refractivity contribution in [2.24, 2.45) is 11.8 Å². The summed E-state index contributed by atoms with van der Waals surface area (Å²) in [6, 6.07) is 12.7. The maximum atomic E-state index is 12.7. The van der Waals surface area contributed by atoms with E-state index in [4.69, 9.17) is 4.74 Å². The van der Waals surface area contributed by atoms with Crippen molar-refractivity contribution in [2.45, 2.75) is 29.9 Å². The van der Waals surface area contributed by atoms with Crippen molar-refractivity contribution in [1.82, 2.24) is 4.98 Å². The van der Waals surface area contributed by atoms with Gasteiger partial charge in [0.25, 0.3) is 0 Å². The molecular formula is C25H25N3O5S2. The minimum Gasteiger partial charge on any atom is -0.497 e. The molecule has 1 aromatic heterocycles. The highest BCUT2D eigenvalue weighted by Crippen LogP contribution is 2.31. The van der Waals surface area contributed by atoms with Crippen molar-refractivity contribution in [3.8, 4) is 5.75 Å². The lowest BCUT2D eigenvalue weighted by molar-refractivity contribution is -0.146. The van der Waals surface area contributed by atoms with E-state index in [0.717, 1.165) is 20.9 Å². The second-order valence-electron chi connectivity index (χ2n) is 8.11. The fourth-order valence-corrected chi connectivity index (χ4v) is 5.54. The number of hydrogen-bond acceptors (Lipinski definition) is 7. The predicted molar refractivity (Wildman–Crippen MR) is 138 cm³/mol. The number of nitrogens with zero attached hydrogens (tertiary/aromatic N) is 1. The van der Waals surface area contributed by atoms with Crippen LogP contribution in [0.4, 0.5) is 10.8 Å². The lowest BCUT2D eigenvalue weighted by Crippen LogP contribution is -2.34. The maximum Gasteiger partial charge on any atom is 0.307 e. The van der Waals surface area contributed by atoms with Crippen LogP contribution in [0.3, 0.4) is 0 Å². The van der Waals surface area contributed by atoms with Gasteiger partial charge >= 0.3 is 5.97 Å². The van der Waals surface area contributed by atoms with Gasteiger partial charge in [0.1, 0.15) is 5.75 Å². The van der Waals surface area contributed by atoms with Gasteiger partial charge in [-0.2, -0.15) is 0 Å². The quantitative estimate of drug-likeness (QED) is 0.287. The van der Waals surface area contributed by atoms with Crippen LogP contribution in [0.25, 0.3) is 10.2 Å². The summed E-state index contributed by atoms with van der Waals surface area (Å²) in [5, 5.41) is 15.2. The average molecular weight is 512 g/mol. The number of thioether (sulfide) groups is 1. The smallest absolute Gasteiger partial charge is 0.307 e. The van der Waals surface area contributed by atoms with Crippen LogP contribution in [-0.4, -0.2) is 40.2 Å². The van der Waals surface area contributed by atoms with E-state index in [9.17, 15) is 19.5 Å². The Labute approximate surface area is 210 Å². The van der Waals surface area contributed by atoms with E-state index in [0.29, 0.717) is 23.7 Å². The number of fused-ring (bicyclic) bond motifs is 1. The highest BCUT2D eigenvalue weighted by atomic mass is 32.2. The van der Waals surface area contributed by atoms with Gasteiger partial charge in [-0.1, -0.05) is 23.5 Å². The molecule has 0 radical (unpaired) electrons. The van der Waals surface area contributed by atoms with Crippen LogP contribution in [0.5, 0.6) is 5.75 Å². The first-order valence-corrected chi connectivity index (χ1v) is 12.7. The van der Waals surface area contributed by atoms with Gasteiger partial charge in [-0.15, -0.1) is 11.8 Å². The van der Waals surface area contributed by atoms with E-state index in [-0.39, 0.29) is 17.1 Å². The van der Waals surface area contributed by atoms with E-state index in [1.54, 1.807) is 25.3 Å². The fraction of sp³-hybridized carbons (Fsp3) is 0.280. The summed E-state index contributed by atoms with van der Waals surface area (Å²) in [6.45, 7) is 1.81. The number of methoxy groups -OCH3 is 1. The molecule has 3 aromatic rings. The van der Waals surface area contributed by atoms with Gasteiger partial charge in [-0.3, -0.25) is 14.4 Å². The predicted octanol–water partition coefficient (Wildman–Crippen LogP) is 5.03. The molecule has 0 fully saturated rings. The number of hydrogen-bond donors (Lipinski definition) is 3. The van der Waals surface area contributed by atoms with E-state index in [1.165, 1.54) is 23.1 Å². The number of ether oxygens (including phenoxy) is 1. The summed E-state index contributed by atoms with van der Waals surface area (Å²) < 4.78 is 6.16. The molecule has 182 valence electrons. The first kappa shape index (κ1) is 24.7. The molecule has 10 heteroatoms. The van der Waals surface area contributed by atoms with Crippen molar-refractivity contribution in [3.63, 3.8) is 0 Å². The van der Waals surface area contributed by atoms with Crippen molar-refractivity contribution >= 4 is 61.9 Å². The second-order valence-corrected chi connectivity index (χ2v) is 10.6. The van der Waals surface area contributed by atoms with Crippen LogP contribution in [0.15, 0.2) is 59.5 Å². The fourth-order valence-electron chi connectivity index (χ4n) is 3.78. The number of aromatic nitrogens is 1. The Kier molecular flexibility index (Phi) is 7.72. The van der Waals surface area contributed by atoms with Crippen LogP contribution in [0.2, 0.25) is 0 Å². The van der Waals surface area contributed by atoms with Crippen LogP contribution in [0, 0.1) is 11.8 Å². The minimum atomic E-state index is -0.959. The summed E-state index contributed by atoms with van der Waals surface area (Å²) >= 11 is 2.78. The Balaban J connectivity index is 1.33. The molecule has 0 bridgehead atoms. The molecule has 0 spiro atoms. The average Bonchev–Trinajstić information content (AvgIpc) is 3.26. The Morgan fingerprint density at radius 2 is 1.80 bits per heavy atom. The SMILES string of the molecule is COc1ccc2nc(NC(=O)C(C)Sc3ccc(NC(=O)C4CC=CCC4C(=O)O)cc3)sc2c1. The zero-order valence-corrected chi connectivity index (χ0v) is 20.8. The lowest BCUT2D eigenvalue weighted by Gasteiger charge is -2.24. The summed E-state index contributed by atoms with van der Waals surface area (Å²) in [5.74, 6) is -2.00. The number of anilines is 2. The number of aliphatic carboxylic acids is 1. The number of amides is 2.